The number of hydrogen-bond acceptors (Lipinski definition) is 6. The fourth-order valence-corrected chi connectivity index (χ4v) is 1.74. The predicted octanol–water partition coefficient (Wildman–Crippen LogP) is 1.24. The second kappa shape index (κ2) is 4.67. The van der Waals surface area contributed by atoms with Gasteiger partial charge in [0.25, 0.3) is 5.69 Å². The van der Waals surface area contributed by atoms with Crippen molar-refractivity contribution in [1.29, 1.82) is 0 Å². The Morgan fingerprint density at radius 2 is 2.28 bits per heavy atom. The summed E-state index contributed by atoms with van der Waals surface area (Å²) in [6, 6.07) is 3.97. The van der Waals surface area contributed by atoms with Crippen LogP contribution in [0.4, 0.5) is 5.69 Å². The van der Waals surface area contributed by atoms with Crippen molar-refractivity contribution < 1.29 is 4.92 Å². The highest BCUT2D eigenvalue weighted by Gasteiger charge is 2.20. The highest BCUT2D eigenvalue weighted by molar-refractivity contribution is 6.34. The van der Waals surface area contributed by atoms with E-state index in [4.69, 9.17) is 17.3 Å². The number of nitrogens with two attached hydrogens (primary N) is 1. The van der Waals surface area contributed by atoms with Crippen molar-refractivity contribution in [1.82, 2.24) is 20.2 Å². The van der Waals surface area contributed by atoms with Crippen molar-refractivity contribution in [3.05, 3.63) is 39.2 Å². The Morgan fingerprint density at radius 3 is 2.89 bits per heavy atom. The van der Waals surface area contributed by atoms with E-state index in [1.54, 1.807) is 13.0 Å². The summed E-state index contributed by atoms with van der Waals surface area (Å²) in [5.41, 5.74) is 5.82. The summed E-state index contributed by atoms with van der Waals surface area (Å²) < 4.78 is 1.29. The van der Waals surface area contributed by atoms with Crippen LogP contribution in [0.5, 0.6) is 0 Å². The third kappa shape index (κ3) is 2.03. The molecule has 18 heavy (non-hydrogen) atoms. The van der Waals surface area contributed by atoms with Crippen molar-refractivity contribution in [3.8, 4) is 5.69 Å². The lowest BCUT2D eigenvalue weighted by atomic mass is 10.2. The molecular weight excluding hydrogens is 260 g/mol. The van der Waals surface area contributed by atoms with Crippen molar-refractivity contribution >= 4 is 17.3 Å². The minimum Gasteiger partial charge on any atom is -0.321 e. The standard InChI is InChI=1S/C9H9ClN6O2/c1-5(11)9-12-13-14-15(9)6-3-2-4-7(8(6)10)16(17)18/h2-5H,11H2,1H3. The van der Waals surface area contributed by atoms with E-state index in [0.29, 0.717) is 11.5 Å². The van der Waals surface area contributed by atoms with Gasteiger partial charge in [-0.05, 0) is 23.4 Å². The summed E-state index contributed by atoms with van der Waals surface area (Å²) in [7, 11) is 0. The van der Waals surface area contributed by atoms with E-state index in [9.17, 15) is 10.1 Å². The predicted molar refractivity (Wildman–Crippen MR) is 63.4 cm³/mol. The Hall–Kier alpha value is -2.06. The first-order valence-electron chi connectivity index (χ1n) is 4.99. The number of rotatable bonds is 3. The highest BCUT2D eigenvalue weighted by atomic mass is 35.5. The van der Waals surface area contributed by atoms with Crippen molar-refractivity contribution in [2.75, 3.05) is 0 Å². The van der Waals surface area contributed by atoms with Crippen molar-refractivity contribution in [2.24, 2.45) is 5.73 Å². The van der Waals surface area contributed by atoms with Gasteiger partial charge in [0.15, 0.2) is 5.82 Å². The van der Waals surface area contributed by atoms with E-state index in [-0.39, 0.29) is 10.7 Å². The van der Waals surface area contributed by atoms with Gasteiger partial charge in [0.1, 0.15) is 5.02 Å². The van der Waals surface area contributed by atoms with Crippen LogP contribution in [0, 0.1) is 10.1 Å². The molecule has 0 aliphatic carbocycles. The van der Waals surface area contributed by atoms with Crippen molar-refractivity contribution in [3.63, 3.8) is 0 Å². The molecule has 2 N–H and O–H groups in total. The van der Waals surface area contributed by atoms with Crippen molar-refractivity contribution in [2.45, 2.75) is 13.0 Å². The zero-order valence-electron chi connectivity index (χ0n) is 9.32. The Morgan fingerprint density at radius 1 is 1.56 bits per heavy atom. The van der Waals surface area contributed by atoms with E-state index in [1.165, 1.54) is 16.8 Å². The largest absolute Gasteiger partial charge is 0.321 e. The number of tetrazole rings is 1. The van der Waals surface area contributed by atoms with E-state index in [1.807, 2.05) is 0 Å². The molecule has 0 fully saturated rings. The normalized spacial score (nSPS) is 12.4. The van der Waals surface area contributed by atoms with Gasteiger partial charge in [-0.1, -0.05) is 17.7 Å². The van der Waals surface area contributed by atoms with Gasteiger partial charge < -0.3 is 5.73 Å². The molecule has 0 saturated heterocycles. The highest BCUT2D eigenvalue weighted by Crippen LogP contribution is 2.30. The van der Waals surface area contributed by atoms with E-state index < -0.39 is 11.0 Å². The van der Waals surface area contributed by atoms with Crippen LogP contribution in [0.25, 0.3) is 5.69 Å². The maximum Gasteiger partial charge on any atom is 0.290 e. The van der Waals surface area contributed by atoms with Crippen LogP contribution in [0.1, 0.15) is 18.8 Å². The maximum absolute atomic E-state index is 10.8. The molecule has 2 aromatic rings. The third-order valence-corrected chi connectivity index (χ3v) is 2.67. The molecule has 0 aliphatic heterocycles. The number of halogens is 1. The van der Waals surface area contributed by atoms with Crippen LogP contribution < -0.4 is 5.73 Å². The number of nitro benzene ring substituents is 1. The summed E-state index contributed by atoms with van der Waals surface area (Å²) in [4.78, 5) is 10.2. The number of nitro groups is 1. The molecule has 9 heteroatoms. The first-order chi connectivity index (χ1) is 8.52. The third-order valence-electron chi connectivity index (χ3n) is 2.28. The van der Waals surface area contributed by atoms with Crippen LogP contribution >= 0.6 is 11.6 Å². The molecule has 0 saturated carbocycles. The molecule has 1 aromatic heterocycles. The van der Waals surface area contributed by atoms with Crippen LogP contribution in [0.15, 0.2) is 18.2 Å². The second-order valence-electron chi connectivity index (χ2n) is 3.60. The maximum atomic E-state index is 10.8. The molecular formula is C9H9ClN6O2. The fraction of sp³-hybridized carbons (Fsp3) is 0.222. The van der Waals surface area contributed by atoms with Gasteiger partial charge in [-0.15, -0.1) is 5.10 Å². The zero-order valence-corrected chi connectivity index (χ0v) is 10.1. The van der Waals surface area contributed by atoms with Crippen LogP contribution in [-0.4, -0.2) is 25.1 Å². The summed E-state index contributed by atoms with van der Waals surface area (Å²) in [5, 5.41) is 21.8. The smallest absolute Gasteiger partial charge is 0.290 e. The van der Waals surface area contributed by atoms with Crippen LogP contribution in [0.3, 0.4) is 0 Å². The second-order valence-corrected chi connectivity index (χ2v) is 3.98. The minimum absolute atomic E-state index is 0.0308. The van der Waals surface area contributed by atoms with Crippen LogP contribution in [0.2, 0.25) is 5.02 Å². The number of benzene rings is 1. The average Bonchev–Trinajstić information content (AvgIpc) is 2.77. The molecule has 94 valence electrons. The minimum atomic E-state index is -0.568. The van der Waals surface area contributed by atoms with Gasteiger partial charge in [-0.25, -0.2) is 0 Å². The fourth-order valence-electron chi connectivity index (χ4n) is 1.46. The molecule has 0 radical (unpaired) electrons. The summed E-state index contributed by atoms with van der Waals surface area (Å²) >= 11 is 5.97. The number of hydrogen-bond donors (Lipinski definition) is 1. The Bertz CT molecular complexity index is 596. The molecule has 0 bridgehead atoms. The Labute approximate surface area is 106 Å². The zero-order chi connectivity index (χ0) is 13.3. The molecule has 0 aliphatic rings. The average molecular weight is 269 g/mol. The molecule has 1 heterocycles. The molecule has 1 atom stereocenters. The van der Waals surface area contributed by atoms with Crippen LogP contribution in [-0.2, 0) is 0 Å². The van der Waals surface area contributed by atoms with E-state index in [0.717, 1.165) is 0 Å². The lowest BCUT2D eigenvalue weighted by molar-refractivity contribution is -0.384. The summed E-state index contributed by atoms with van der Waals surface area (Å²) in [5.74, 6) is 0.373. The first kappa shape index (κ1) is 12.4. The molecule has 0 spiro atoms. The monoisotopic (exact) mass is 268 g/mol. The lowest BCUT2D eigenvalue weighted by Gasteiger charge is -2.08. The quantitative estimate of drug-likeness (QED) is 0.662. The van der Waals surface area contributed by atoms with E-state index >= 15 is 0 Å². The number of aromatic nitrogens is 4. The van der Waals surface area contributed by atoms with Gasteiger partial charge in [0.2, 0.25) is 0 Å². The Balaban J connectivity index is 2.61. The van der Waals surface area contributed by atoms with Gasteiger partial charge in [-0.2, -0.15) is 4.68 Å². The van der Waals surface area contributed by atoms with Gasteiger partial charge >= 0.3 is 0 Å². The molecule has 2 rings (SSSR count). The summed E-state index contributed by atoms with van der Waals surface area (Å²) in [6.45, 7) is 1.70. The van der Waals surface area contributed by atoms with E-state index in [2.05, 4.69) is 15.5 Å². The topological polar surface area (TPSA) is 113 Å². The molecule has 1 aromatic carbocycles. The molecule has 8 nitrogen and oxygen atoms in total. The first-order valence-corrected chi connectivity index (χ1v) is 5.37. The van der Waals surface area contributed by atoms with Gasteiger partial charge in [0, 0.05) is 6.07 Å². The SMILES string of the molecule is CC(N)c1nnnn1-c1cccc([N+](=O)[O-])c1Cl. The number of nitrogens with zero attached hydrogens (tertiary/aromatic N) is 5. The lowest BCUT2D eigenvalue weighted by Crippen LogP contribution is -2.13. The van der Waals surface area contributed by atoms with Gasteiger partial charge in [0.05, 0.1) is 16.7 Å². The van der Waals surface area contributed by atoms with Gasteiger partial charge in [-0.3, -0.25) is 10.1 Å². The molecule has 1 unspecified atom stereocenters. The Kier molecular flexibility index (Phi) is 3.21. The molecule has 0 amide bonds. The summed E-state index contributed by atoms with van der Waals surface area (Å²) in [6.07, 6.45) is 0.